The van der Waals surface area contributed by atoms with Crippen molar-refractivity contribution in [3.63, 3.8) is 0 Å². The highest BCUT2D eigenvalue weighted by Crippen LogP contribution is 2.50. The lowest BCUT2D eigenvalue weighted by Crippen LogP contribution is -2.29. The van der Waals surface area contributed by atoms with Crippen LogP contribution >= 0.6 is 0 Å². The molecule has 1 aliphatic carbocycles. The van der Waals surface area contributed by atoms with Crippen LogP contribution in [0.3, 0.4) is 0 Å². The van der Waals surface area contributed by atoms with E-state index in [9.17, 15) is 4.39 Å². The second kappa shape index (κ2) is 8.81. The molecule has 0 radical (unpaired) electrons. The standard InChI is InChI=1S/C25H30FNO/c1-2-3-4-5-6-16-28-20-14-15-24-23(17-20)21-8-7-9-22(21)25(27-24)18-10-12-19(26)13-11-18/h7-8,10-15,17,21-22,25,27H,2-6,9,16H2,1H3. The maximum atomic E-state index is 13.3. The van der Waals surface area contributed by atoms with Gasteiger partial charge in [-0.3, -0.25) is 0 Å². The Labute approximate surface area is 167 Å². The number of hydrogen-bond donors (Lipinski definition) is 1. The minimum absolute atomic E-state index is 0.183. The van der Waals surface area contributed by atoms with Gasteiger partial charge in [0.2, 0.25) is 0 Å². The highest BCUT2D eigenvalue weighted by molar-refractivity contribution is 5.61. The molecule has 0 bridgehead atoms. The van der Waals surface area contributed by atoms with Gasteiger partial charge in [0.05, 0.1) is 12.6 Å². The molecule has 2 aromatic rings. The van der Waals surface area contributed by atoms with Gasteiger partial charge in [-0.05, 0) is 60.2 Å². The van der Waals surface area contributed by atoms with Crippen molar-refractivity contribution >= 4 is 5.69 Å². The smallest absolute Gasteiger partial charge is 0.123 e. The third-order valence-electron chi connectivity index (χ3n) is 6.08. The number of ether oxygens (including phenoxy) is 1. The summed E-state index contributed by atoms with van der Waals surface area (Å²) in [6.45, 7) is 3.03. The second-order valence-electron chi connectivity index (χ2n) is 8.04. The van der Waals surface area contributed by atoms with E-state index in [0.717, 1.165) is 36.4 Å². The van der Waals surface area contributed by atoms with Crippen molar-refractivity contribution in [3.05, 3.63) is 71.6 Å². The van der Waals surface area contributed by atoms with E-state index in [1.807, 2.05) is 12.1 Å². The third kappa shape index (κ3) is 4.09. The lowest BCUT2D eigenvalue weighted by atomic mass is 9.77. The average molecular weight is 380 g/mol. The van der Waals surface area contributed by atoms with Crippen molar-refractivity contribution in [3.8, 4) is 5.75 Å². The fraction of sp³-hybridized carbons (Fsp3) is 0.440. The summed E-state index contributed by atoms with van der Waals surface area (Å²) in [5, 5.41) is 3.70. The van der Waals surface area contributed by atoms with E-state index in [2.05, 4.69) is 42.6 Å². The van der Waals surface area contributed by atoms with Gasteiger partial charge in [0.15, 0.2) is 0 Å². The molecular formula is C25H30FNO. The van der Waals surface area contributed by atoms with Crippen LogP contribution in [0.4, 0.5) is 10.1 Å². The summed E-state index contributed by atoms with van der Waals surface area (Å²) in [7, 11) is 0. The number of halogens is 1. The molecule has 0 aromatic heterocycles. The Bertz CT molecular complexity index is 814. The van der Waals surface area contributed by atoms with Crippen LogP contribution in [0.2, 0.25) is 0 Å². The van der Waals surface area contributed by atoms with E-state index in [1.165, 1.54) is 31.2 Å². The molecule has 0 amide bonds. The monoisotopic (exact) mass is 379 g/mol. The Hall–Kier alpha value is -2.29. The fourth-order valence-electron chi connectivity index (χ4n) is 4.56. The van der Waals surface area contributed by atoms with E-state index < -0.39 is 0 Å². The van der Waals surface area contributed by atoms with Crippen LogP contribution in [-0.4, -0.2) is 6.61 Å². The molecule has 2 aromatic carbocycles. The molecule has 2 aliphatic rings. The van der Waals surface area contributed by atoms with Gasteiger partial charge >= 0.3 is 0 Å². The molecule has 1 N–H and O–H groups in total. The first-order valence-electron chi connectivity index (χ1n) is 10.7. The Morgan fingerprint density at radius 1 is 1.04 bits per heavy atom. The number of unbranched alkanes of at least 4 members (excludes halogenated alkanes) is 4. The molecule has 148 valence electrons. The SMILES string of the molecule is CCCCCCCOc1ccc2c(c1)C1C=CCC1C(c1ccc(F)cc1)N2. The summed E-state index contributed by atoms with van der Waals surface area (Å²) in [6, 6.07) is 13.6. The van der Waals surface area contributed by atoms with Crippen LogP contribution in [0.1, 0.15) is 68.5 Å². The summed E-state index contributed by atoms with van der Waals surface area (Å²) < 4.78 is 19.4. The van der Waals surface area contributed by atoms with Gasteiger partial charge in [-0.1, -0.05) is 56.9 Å². The fourth-order valence-corrected chi connectivity index (χ4v) is 4.56. The zero-order valence-electron chi connectivity index (χ0n) is 16.7. The maximum Gasteiger partial charge on any atom is 0.123 e. The predicted molar refractivity (Wildman–Crippen MR) is 113 cm³/mol. The summed E-state index contributed by atoms with van der Waals surface area (Å²) in [4.78, 5) is 0. The Kier molecular flexibility index (Phi) is 5.99. The minimum Gasteiger partial charge on any atom is -0.494 e. The first-order chi connectivity index (χ1) is 13.8. The molecule has 3 atom stereocenters. The summed E-state index contributed by atoms with van der Waals surface area (Å²) in [5.74, 6) is 1.63. The van der Waals surface area contributed by atoms with Crippen LogP contribution in [0.15, 0.2) is 54.6 Å². The van der Waals surface area contributed by atoms with Gasteiger partial charge in [0, 0.05) is 11.6 Å². The Morgan fingerprint density at radius 3 is 2.68 bits per heavy atom. The normalized spacial score (nSPS) is 22.4. The number of allylic oxidation sites excluding steroid dienone is 2. The highest BCUT2D eigenvalue weighted by atomic mass is 19.1. The molecule has 2 nitrogen and oxygen atoms in total. The minimum atomic E-state index is -0.183. The van der Waals surface area contributed by atoms with Crippen molar-refractivity contribution in [2.24, 2.45) is 5.92 Å². The zero-order chi connectivity index (χ0) is 19.3. The molecule has 0 fully saturated rings. The maximum absolute atomic E-state index is 13.3. The van der Waals surface area contributed by atoms with E-state index in [-0.39, 0.29) is 11.9 Å². The number of rotatable bonds is 8. The number of anilines is 1. The molecule has 1 aliphatic heterocycles. The molecule has 28 heavy (non-hydrogen) atoms. The van der Waals surface area contributed by atoms with Crippen LogP contribution < -0.4 is 10.1 Å². The van der Waals surface area contributed by atoms with Crippen molar-refractivity contribution in [2.75, 3.05) is 11.9 Å². The van der Waals surface area contributed by atoms with E-state index in [1.54, 1.807) is 12.1 Å². The largest absolute Gasteiger partial charge is 0.494 e. The van der Waals surface area contributed by atoms with Crippen LogP contribution in [0.25, 0.3) is 0 Å². The lowest BCUT2D eigenvalue weighted by Gasteiger charge is -2.37. The van der Waals surface area contributed by atoms with E-state index >= 15 is 0 Å². The van der Waals surface area contributed by atoms with Gasteiger partial charge in [0.25, 0.3) is 0 Å². The van der Waals surface area contributed by atoms with Gasteiger partial charge in [-0.2, -0.15) is 0 Å². The summed E-state index contributed by atoms with van der Waals surface area (Å²) in [6.07, 6.45) is 11.9. The topological polar surface area (TPSA) is 21.3 Å². The predicted octanol–water partition coefficient (Wildman–Crippen LogP) is 7.00. The quantitative estimate of drug-likeness (QED) is 0.394. The molecule has 1 heterocycles. The first kappa shape index (κ1) is 19.0. The number of nitrogens with one attached hydrogen (secondary N) is 1. The van der Waals surface area contributed by atoms with Crippen LogP contribution in [-0.2, 0) is 0 Å². The lowest BCUT2D eigenvalue weighted by molar-refractivity contribution is 0.303. The molecule has 0 saturated heterocycles. The molecule has 4 rings (SSSR count). The third-order valence-corrected chi connectivity index (χ3v) is 6.08. The van der Waals surface area contributed by atoms with Crippen molar-refractivity contribution < 1.29 is 9.13 Å². The zero-order valence-corrected chi connectivity index (χ0v) is 16.7. The Morgan fingerprint density at radius 2 is 1.86 bits per heavy atom. The molecule has 0 spiro atoms. The number of benzene rings is 2. The van der Waals surface area contributed by atoms with Gasteiger partial charge < -0.3 is 10.1 Å². The molecule has 0 saturated carbocycles. The van der Waals surface area contributed by atoms with Crippen molar-refractivity contribution in [2.45, 2.75) is 57.4 Å². The second-order valence-corrected chi connectivity index (χ2v) is 8.04. The number of hydrogen-bond acceptors (Lipinski definition) is 2. The van der Waals surface area contributed by atoms with Gasteiger partial charge in [-0.25, -0.2) is 4.39 Å². The number of fused-ring (bicyclic) bond motifs is 3. The molecule has 3 heteroatoms. The molecular weight excluding hydrogens is 349 g/mol. The Balaban J connectivity index is 1.46. The van der Waals surface area contributed by atoms with Crippen molar-refractivity contribution in [1.29, 1.82) is 0 Å². The average Bonchev–Trinajstić information content (AvgIpc) is 3.21. The first-order valence-corrected chi connectivity index (χ1v) is 10.7. The van der Waals surface area contributed by atoms with Gasteiger partial charge in [-0.15, -0.1) is 0 Å². The van der Waals surface area contributed by atoms with E-state index in [4.69, 9.17) is 4.74 Å². The molecule has 3 unspecified atom stereocenters. The van der Waals surface area contributed by atoms with Gasteiger partial charge in [0.1, 0.15) is 11.6 Å². The van der Waals surface area contributed by atoms with Crippen molar-refractivity contribution in [1.82, 2.24) is 0 Å². The highest BCUT2D eigenvalue weighted by Gasteiger charge is 2.38. The summed E-state index contributed by atoms with van der Waals surface area (Å²) in [5.41, 5.74) is 3.64. The summed E-state index contributed by atoms with van der Waals surface area (Å²) >= 11 is 0. The van der Waals surface area contributed by atoms with Crippen LogP contribution in [0, 0.1) is 11.7 Å². The van der Waals surface area contributed by atoms with Crippen LogP contribution in [0.5, 0.6) is 5.75 Å². The van der Waals surface area contributed by atoms with E-state index in [0.29, 0.717) is 11.8 Å².